The number of ether oxygens (including phenoxy) is 1. The Morgan fingerprint density at radius 2 is 1.62 bits per heavy atom. The standard InChI is InChI=1S/C23H37NO2/c1-2-3-4-5-6-7-8-9-10-11-12-13-14-15-16-19-22-21-18-17-20-24(21)23(25)26-22/h19,21H,2-14,17-18,20H2,1H3/b22-19+/t21-/m0/s1. The van der Waals surface area contributed by atoms with Gasteiger partial charge in [-0.3, -0.25) is 4.90 Å². The highest BCUT2D eigenvalue weighted by molar-refractivity contribution is 5.73. The number of unbranched alkanes of at least 4 members (excludes halogenated alkanes) is 12. The Morgan fingerprint density at radius 1 is 1.00 bits per heavy atom. The quantitative estimate of drug-likeness (QED) is 0.291. The highest BCUT2D eigenvalue weighted by atomic mass is 16.6. The van der Waals surface area contributed by atoms with E-state index in [9.17, 15) is 4.79 Å². The molecule has 0 aromatic carbocycles. The van der Waals surface area contributed by atoms with E-state index in [4.69, 9.17) is 4.74 Å². The van der Waals surface area contributed by atoms with E-state index in [1.165, 1.54) is 77.0 Å². The molecule has 3 heteroatoms. The molecule has 2 saturated heterocycles. The molecule has 146 valence electrons. The minimum Gasteiger partial charge on any atom is -0.412 e. The van der Waals surface area contributed by atoms with Crippen LogP contribution in [0.1, 0.15) is 103 Å². The second kappa shape index (κ2) is 12.8. The van der Waals surface area contributed by atoms with Crippen molar-refractivity contribution in [1.29, 1.82) is 0 Å². The summed E-state index contributed by atoms with van der Waals surface area (Å²) in [7, 11) is 0. The third-order valence-corrected chi connectivity index (χ3v) is 5.49. The van der Waals surface area contributed by atoms with E-state index >= 15 is 0 Å². The summed E-state index contributed by atoms with van der Waals surface area (Å²) in [5.74, 6) is 7.05. The van der Waals surface area contributed by atoms with Gasteiger partial charge >= 0.3 is 6.09 Å². The van der Waals surface area contributed by atoms with Gasteiger partial charge in [-0.25, -0.2) is 4.79 Å². The number of allylic oxidation sites excluding steroid dienone is 1. The van der Waals surface area contributed by atoms with E-state index < -0.39 is 0 Å². The van der Waals surface area contributed by atoms with E-state index in [0.717, 1.165) is 31.6 Å². The van der Waals surface area contributed by atoms with Gasteiger partial charge in [0.25, 0.3) is 0 Å². The highest BCUT2D eigenvalue weighted by Crippen LogP contribution is 2.31. The maximum Gasteiger partial charge on any atom is 0.415 e. The number of cyclic esters (lactones) is 1. The summed E-state index contributed by atoms with van der Waals surface area (Å²) in [6.07, 6.45) is 21.1. The van der Waals surface area contributed by atoms with Crippen molar-refractivity contribution in [2.24, 2.45) is 0 Å². The fourth-order valence-electron chi connectivity index (χ4n) is 3.88. The number of carbonyl (C=O) groups excluding carboxylic acids is 1. The normalized spacial score (nSPS) is 20.2. The minimum absolute atomic E-state index is 0.156. The largest absolute Gasteiger partial charge is 0.415 e. The molecule has 0 unspecified atom stereocenters. The summed E-state index contributed by atoms with van der Waals surface area (Å²) in [5, 5.41) is 0. The molecule has 2 rings (SSSR count). The first-order valence-corrected chi connectivity index (χ1v) is 11.0. The molecule has 26 heavy (non-hydrogen) atoms. The summed E-state index contributed by atoms with van der Waals surface area (Å²) in [6.45, 7) is 3.10. The molecule has 2 fully saturated rings. The minimum atomic E-state index is -0.193. The van der Waals surface area contributed by atoms with Crippen molar-refractivity contribution in [1.82, 2.24) is 4.90 Å². The van der Waals surface area contributed by atoms with Crippen LogP contribution in [0, 0.1) is 11.8 Å². The molecule has 2 heterocycles. The van der Waals surface area contributed by atoms with Crippen molar-refractivity contribution in [3.05, 3.63) is 11.8 Å². The second-order valence-corrected chi connectivity index (χ2v) is 7.73. The molecule has 0 aromatic rings. The zero-order valence-corrected chi connectivity index (χ0v) is 16.7. The van der Waals surface area contributed by atoms with Crippen LogP contribution in [0.2, 0.25) is 0 Å². The Bertz CT molecular complexity index is 500. The second-order valence-electron chi connectivity index (χ2n) is 7.73. The van der Waals surface area contributed by atoms with E-state index in [0.29, 0.717) is 0 Å². The van der Waals surface area contributed by atoms with E-state index in [1.54, 1.807) is 0 Å². The molecule has 3 nitrogen and oxygen atoms in total. The van der Waals surface area contributed by atoms with Crippen molar-refractivity contribution in [3.8, 4) is 11.8 Å². The van der Waals surface area contributed by atoms with Crippen LogP contribution in [-0.4, -0.2) is 23.6 Å². The summed E-state index contributed by atoms with van der Waals surface area (Å²) < 4.78 is 5.29. The average Bonchev–Trinajstić information content (AvgIpc) is 3.23. The Hall–Kier alpha value is -1.43. The van der Waals surface area contributed by atoms with Crippen LogP contribution in [0.15, 0.2) is 11.8 Å². The van der Waals surface area contributed by atoms with Gasteiger partial charge in [0.05, 0.1) is 6.04 Å². The molecule has 2 aliphatic heterocycles. The number of carbonyl (C=O) groups is 1. The number of amides is 1. The molecule has 1 atom stereocenters. The predicted octanol–water partition coefficient (Wildman–Crippen LogP) is 6.58. The van der Waals surface area contributed by atoms with Crippen LogP contribution in [0.4, 0.5) is 4.79 Å². The van der Waals surface area contributed by atoms with Gasteiger partial charge in [-0.1, -0.05) is 89.4 Å². The monoisotopic (exact) mass is 359 g/mol. The van der Waals surface area contributed by atoms with Crippen molar-refractivity contribution < 1.29 is 9.53 Å². The van der Waals surface area contributed by atoms with Gasteiger partial charge < -0.3 is 4.74 Å². The molecule has 2 aliphatic rings. The van der Waals surface area contributed by atoms with Gasteiger partial charge in [0, 0.05) is 19.0 Å². The lowest BCUT2D eigenvalue weighted by Gasteiger charge is -2.08. The van der Waals surface area contributed by atoms with Gasteiger partial charge in [0.15, 0.2) is 0 Å². The fraction of sp³-hybridized carbons (Fsp3) is 0.783. The fourth-order valence-corrected chi connectivity index (χ4v) is 3.88. The zero-order chi connectivity index (χ0) is 18.5. The molecule has 0 radical (unpaired) electrons. The van der Waals surface area contributed by atoms with Crippen molar-refractivity contribution in [2.45, 2.75) is 109 Å². The average molecular weight is 360 g/mol. The summed E-state index contributed by atoms with van der Waals surface area (Å²) in [5.41, 5.74) is 0. The van der Waals surface area contributed by atoms with Crippen LogP contribution < -0.4 is 0 Å². The van der Waals surface area contributed by atoms with Gasteiger partial charge in [-0.15, -0.1) is 0 Å². The van der Waals surface area contributed by atoms with Crippen LogP contribution in [0.3, 0.4) is 0 Å². The summed E-state index contributed by atoms with van der Waals surface area (Å²) >= 11 is 0. The first kappa shape index (κ1) is 20.9. The molecule has 0 aromatic heterocycles. The molecule has 0 N–H and O–H groups in total. The lowest BCUT2D eigenvalue weighted by Crippen LogP contribution is -2.26. The molecular weight excluding hydrogens is 322 g/mol. The number of rotatable bonds is 12. The summed E-state index contributed by atoms with van der Waals surface area (Å²) in [6, 6.07) is 0.156. The SMILES string of the molecule is CCCCCCCCCCCCCCC#C/C=C1/OC(=O)N2CCC[C@@H]12. The summed E-state index contributed by atoms with van der Waals surface area (Å²) in [4.78, 5) is 13.5. The lowest BCUT2D eigenvalue weighted by atomic mass is 10.0. The Morgan fingerprint density at radius 3 is 2.27 bits per heavy atom. The Kier molecular flexibility index (Phi) is 10.3. The molecule has 0 saturated carbocycles. The maximum atomic E-state index is 11.6. The van der Waals surface area contributed by atoms with Crippen molar-refractivity contribution in [2.75, 3.05) is 6.54 Å². The maximum absolute atomic E-state index is 11.6. The Balaban J connectivity index is 1.41. The number of fused-ring (bicyclic) bond motifs is 1. The van der Waals surface area contributed by atoms with Gasteiger partial charge in [-0.05, 0) is 19.3 Å². The number of hydrogen-bond donors (Lipinski definition) is 0. The number of hydrogen-bond acceptors (Lipinski definition) is 2. The first-order chi connectivity index (χ1) is 12.8. The lowest BCUT2D eigenvalue weighted by molar-refractivity contribution is 0.170. The highest BCUT2D eigenvalue weighted by Gasteiger charge is 2.40. The molecule has 0 bridgehead atoms. The molecule has 1 amide bonds. The third-order valence-electron chi connectivity index (χ3n) is 5.49. The first-order valence-electron chi connectivity index (χ1n) is 11.0. The van der Waals surface area contributed by atoms with E-state index in [2.05, 4.69) is 18.8 Å². The van der Waals surface area contributed by atoms with Gasteiger partial charge in [0.2, 0.25) is 0 Å². The Labute approximate surface area is 160 Å². The molecule has 0 spiro atoms. The smallest absolute Gasteiger partial charge is 0.412 e. The molecule has 0 aliphatic carbocycles. The third kappa shape index (κ3) is 7.44. The topological polar surface area (TPSA) is 29.5 Å². The van der Waals surface area contributed by atoms with Crippen molar-refractivity contribution >= 4 is 6.09 Å². The van der Waals surface area contributed by atoms with E-state index in [-0.39, 0.29) is 12.1 Å². The van der Waals surface area contributed by atoms with E-state index in [1.807, 2.05) is 11.0 Å². The molecular formula is C23H37NO2. The van der Waals surface area contributed by atoms with Gasteiger partial charge in [0.1, 0.15) is 5.76 Å². The zero-order valence-electron chi connectivity index (χ0n) is 16.7. The van der Waals surface area contributed by atoms with Crippen LogP contribution in [0.25, 0.3) is 0 Å². The van der Waals surface area contributed by atoms with Crippen LogP contribution in [-0.2, 0) is 4.74 Å². The predicted molar refractivity (Wildman–Crippen MR) is 108 cm³/mol. The van der Waals surface area contributed by atoms with Crippen LogP contribution >= 0.6 is 0 Å². The van der Waals surface area contributed by atoms with Crippen molar-refractivity contribution in [3.63, 3.8) is 0 Å². The van der Waals surface area contributed by atoms with Crippen LogP contribution in [0.5, 0.6) is 0 Å². The number of nitrogens with zero attached hydrogens (tertiary/aromatic N) is 1. The van der Waals surface area contributed by atoms with Gasteiger partial charge in [-0.2, -0.15) is 0 Å².